The van der Waals surface area contributed by atoms with Gasteiger partial charge in [-0.3, -0.25) is 0 Å². The number of nitriles is 1. The summed E-state index contributed by atoms with van der Waals surface area (Å²) in [4.78, 5) is 32.9. The minimum Gasteiger partial charge on any atom is -0.444 e. The molecule has 4 heterocycles. The number of ether oxygens (including phenoxy) is 1. The van der Waals surface area contributed by atoms with Crippen LogP contribution >= 0.6 is 0 Å². The number of anilines is 3. The van der Waals surface area contributed by atoms with Crippen LogP contribution in [0.15, 0.2) is 24.7 Å². The van der Waals surface area contributed by atoms with Crippen LogP contribution in [-0.2, 0) is 10.2 Å². The van der Waals surface area contributed by atoms with E-state index in [0.717, 1.165) is 36.8 Å². The Morgan fingerprint density at radius 2 is 1.97 bits per heavy atom. The molecule has 5 rings (SSSR count). The predicted octanol–water partition coefficient (Wildman–Crippen LogP) is 3.76. The van der Waals surface area contributed by atoms with Gasteiger partial charge in [-0.15, -0.1) is 0 Å². The Morgan fingerprint density at radius 1 is 1.21 bits per heavy atom. The summed E-state index contributed by atoms with van der Waals surface area (Å²) in [7, 11) is 0. The third-order valence-corrected chi connectivity index (χ3v) is 7.07. The van der Waals surface area contributed by atoms with Crippen LogP contribution < -0.4 is 9.80 Å². The number of carbonyl (C=O) groups is 1. The van der Waals surface area contributed by atoms with Crippen LogP contribution in [0.3, 0.4) is 0 Å². The third kappa shape index (κ3) is 3.81. The Morgan fingerprint density at radius 3 is 2.62 bits per heavy atom. The van der Waals surface area contributed by atoms with Gasteiger partial charge in [-0.2, -0.15) is 5.26 Å². The molecule has 1 aliphatic carbocycles. The maximum Gasteiger partial charge on any atom is 0.410 e. The monoisotopic (exact) mass is 461 g/mol. The van der Waals surface area contributed by atoms with Gasteiger partial charge in [0.25, 0.3) is 0 Å². The fourth-order valence-corrected chi connectivity index (χ4v) is 5.32. The number of carbonyl (C=O) groups excluding carboxylic acids is 1. The van der Waals surface area contributed by atoms with Crippen LogP contribution in [0.1, 0.15) is 58.1 Å². The summed E-state index contributed by atoms with van der Waals surface area (Å²) in [5.41, 5.74) is 1.26. The van der Waals surface area contributed by atoms with Crippen molar-refractivity contribution < 1.29 is 9.53 Å². The van der Waals surface area contributed by atoms with E-state index in [0.29, 0.717) is 25.2 Å². The fourth-order valence-electron chi connectivity index (χ4n) is 5.32. The summed E-state index contributed by atoms with van der Waals surface area (Å²) in [6.07, 6.45) is 6.38. The number of hydrogen-bond donors (Lipinski definition) is 0. The van der Waals surface area contributed by atoms with Gasteiger partial charge in [0, 0.05) is 49.4 Å². The van der Waals surface area contributed by atoms with E-state index < -0.39 is 5.60 Å². The molecule has 3 aliphatic rings. The van der Waals surface area contributed by atoms with Gasteiger partial charge in [0.05, 0.1) is 11.6 Å². The number of rotatable bonds is 2. The van der Waals surface area contributed by atoms with Crippen molar-refractivity contribution in [3.05, 3.63) is 35.8 Å². The number of piperazine rings is 1. The highest BCUT2D eigenvalue weighted by molar-refractivity contribution is 5.75. The second kappa shape index (κ2) is 8.12. The Kier molecular flexibility index (Phi) is 5.34. The molecule has 1 saturated heterocycles. The Labute approximate surface area is 200 Å². The minimum absolute atomic E-state index is 0.00171. The van der Waals surface area contributed by atoms with E-state index in [9.17, 15) is 10.1 Å². The maximum atomic E-state index is 12.6. The van der Waals surface area contributed by atoms with Gasteiger partial charge < -0.3 is 19.4 Å². The van der Waals surface area contributed by atoms with Crippen LogP contribution in [0.4, 0.5) is 22.2 Å². The first-order valence-corrected chi connectivity index (χ1v) is 11.9. The van der Waals surface area contributed by atoms with Crippen LogP contribution in [0.2, 0.25) is 0 Å². The van der Waals surface area contributed by atoms with Crippen molar-refractivity contribution in [1.29, 1.82) is 5.26 Å². The predicted molar refractivity (Wildman–Crippen MR) is 128 cm³/mol. The van der Waals surface area contributed by atoms with E-state index in [2.05, 4.69) is 27.8 Å². The van der Waals surface area contributed by atoms with E-state index in [1.165, 1.54) is 12.0 Å². The normalized spacial score (nSPS) is 21.1. The van der Waals surface area contributed by atoms with Crippen LogP contribution in [0, 0.1) is 11.3 Å². The van der Waals surface area contributed by atoms with Crippen molar-refractivity contribution in [2.75, 3.05) is 36.0 Å². The molecule has 1 atom stereocenters. The van der Waals surface area contributed by atoms with Gasteiger partial charge in [0.2, 0.25) is 0 Å². The summed E-state index contributed by atoms with van der Waals surface area (Å²) < 4.78 is 5.59. The first-order valence-electron chi connectivity index (χ1n) is 11.9. The molecule has 1 amide bonds. The zero-order valence-corrected chi connectivity index (χ0v) is 20.3. The zero-order chi connectivity index (χ0) is 24.1. The standard InChI is InChI=1S/C25H31N7O2/c1-17-14-30(23(33)34-24(2,3)4)10-11-31(17)21-20-22(29-16-28-21)32(15-25(20)7-5-8-25)19-12-18(13-26)6-9-27-19/h6,9,12,16-17H,5,7-8,10-11,14-15H2,1-4H3/t17-/m1/s1. The summed E-state index contributed by atoms with van der Waals surface area (Å²) in [5, 5.41) is 9.36. The Bertz CT molecular complexity index is 1150. The molecule has 2 aromatic rings. The zero-order valence-electron chi connectivity index (χ0n) is 20.3. The lowest BCUT2D eigenvalue weighted by molar-refractivity contribution is 0.0218. The molecule has 9 nitrogen and oxygen atoms in total. The average molecular weight is 462 g/mol. The molecule has 9 heteroatoms. The van der Waals surface area contributed by atoms with Gasteiger partial charge in [-0.1, -0.05) is 6.42 Å². The second-order valence-electron chi connectivity index (χ2n) is 10.6. The SMILES string of the molecule is C[C@@H]1CN(C(=O)OC(C)(C)C)CCN1c1ncnc2c1C1(CCC1)CN2c1cc(C#N)ccn1. The largest absolute Gasteiger partial charge is 0.444 e. The lowest BCUT2D eigenvalue weighted by Crippen LogP contribution is -2.55. The van der Waals surface area contributed by atoms with Crippen molar-refractivity contribution in [2.45, 2.75) is 64.0 Å². The molecule has 0 unspecified atom stereocenters. The number of nitrogens with zero attached hydrogens (tertiary/aromatic N) is 7. The molecule has 0 bridgehead atoms. The molecular weight excluding hydrogens is 430 g/mol. The Balaban J connectivity index is 1.46. The highest BCUT2D eigenvalue weighted by Crippen LogP contribution is 2.56. The number of amides is 1. The highest BCUT2D eigenvalue weighted by atomic mass is 16.6. The third-order valence-electron chi connectivity index (χ3n) is 7.07. The van der Waals surface area contributed by atoms with Crippen LogP contribution in [0.5, 0.6) is 0 Å². The van der Waals surface area contributed by atoms with Crippen LogP contribution in [-0.4, -0.2) is 63.8 Å². The van der Waals surface area contributed by atoms with E-state index in [4.69, 9.17) is 14.7 Å². The molecule has 34 heavy (non-hydrogen) atoms. The maximum absolute atomic E-state index is 12.6. The van der Waals surface area contributed by atoms with E-state index in [1.54, 1.807) is 23.5 Å². The molecule has 2 aliphatic heterocycles. The molecule has 2 aromatic heterocycles. The summed E-state index contributed by atoms with van der Waals surface area (Å²) in [6.45, 7) is 10.4. The molecular formula is C25H31N7O2. The van der Waals surface area contributed by atoms with Gasteiger partial charge in [-0.25, -0.2) is 19.7 Å². The minimum atomic E-state index is -0.512. The topological polar surface area (TPSA) is 98.5 Å². The molecule has 178 valence electrons. The molecule has 0 N–H and O–H groups in total. The number of fused-ring (bicyclic) bond motifs is 2. The lowest BCUT2D eigenvalue weighted by atomic mass is 9.66. The number of aromatic nitrogens is 3. The van der Waals surface area contributed by atoms with Crippen molar-refractivity contribution in [2.24, 2.45) is 0 Å². The van der Waals surface area contributed by atoms with E-state index in [1.807, 2.05) is 26.8 Å². The molecule has 1 spiro atoms. The summed E-state index contributed by atoms with van der Waals surface area (Å²) in [5.74, 6) is 2.59. The quantitative estimate of drug-likeness (QED) is 0.667. The van der Waals surface area contributed by atoms with Crippen LogP contribution in [0.25, 0.3) is 0 Å². The smallest absolute Gasteiger partial charge is 0.410 e. The van der Waals surface area contributed by atoms with Crippen molar-refractivity contribution in [1.82, 2.24) is 19.9 Å². The molecule has 2 fully saturated rings. The van der Waals surface area contributed by atoms with Gasteiger partial charge in [0.1, 0.15) is 29.4 Å². The summed E-state index contributed by atoms with van der Waals surface area (Å²) >= 11 is 0. The Hall–Kier alpha value is -3.41. The van der Waals surface area contributed by atoms with E-state index >= 15 is 0 Å². The lowest BCUT2D eigenvalue weighted by Gasteiger charge is -2.44. The van der Waals surface area contributed by atoms with Crippen molar-refractivity contribution in [3.63, 3.8) is 0 Å². The van der Waals surface area contributed by atoms with Gasteiger partial charge >= 0.3 is 6.09 Å². The summed E-state index contributed by atoms with van der Waals surface area (Å²) in [6, 6.07) is 5.84. The van der Waals surface area contributed by atoms with E-state index in [-0.39, 0.29) is 17.6 Å². The van der Waals surface area contributed by atoms with Gasteiger partial charge in [-0.05, 0) is 52.7 Å². The second-order valence-corrected chi connectivity index (χ2v) is 10.6. The van der Waals surface area contributed by atoms with Gasteiger partial charge in [0.15, 0.2) is 0 Å². The average Bonchev–Trinajstić information content (AvgIpc) is 3.14. The first-order chi connectivity index (χ1) is 16.2. The van der Waals surface area contributed by atoms with Crippen molar-refractivity contribution >= 4 is 23.5 Å². The van der Waals surface area contributed by atoms with Crippen molar-refractivity contribution in [3.8, 4) is 6.07 Å². The number of hydrogen-bond acceptors (Lipinski definition) is 8. The molecule has 1 saturated carbocycles. The molecule has 0 radical (unpaired) electrons. The fraction of sp³-hybridized carbons (Fsp3) is 0.560. The molecule has 0 aromatic carbocycles. The highest BCUT2D eigenvalue weighted by Gasteiger charge is 2.51. The first kappa shape index (κ1) is 22.4. The number of pyridine rings is 1.